The summed E-state index contributed by atoms with van der Waals surface area (Å²) in [6, 6.07) is 14.8. The molecular weight excluding hydrogens is 419 g/mol. The molecule has 2 aromatic carbocycles. The van der Waals surface area contributed by atoms with Crippen molar-refractivity contribution in [2.75, 3.05) is 18.5 Å². The molecule has 0 spiro atoms. The second-order valence-corrected chi connectivity index (χ2v) is 6.57. The van der Waals surface area contributed by atoms with Crippen molar-refractivity contribution in [3.05, 3.63) is 83.6 Å². The first-order valence-electron chi connectivity index (χ1n) is 9.77. The summed E-state index contributed by atoms with van der Waals surface area (Å²) in [6.07, 6.45) is 0. The SMILES string of the molecule is CCNC(=O)c1cccc(NC(=O)COC(=O)c2ccc(COc3ccc(F)cc3)o2)c1. The molecule has 166 valence electrons. The van der Waals surface area contributed by atoms with Crippen LogP contribution in [0, 0.1) is 5.82 Å². The van der Waals surface area contributed by atoms with Crippen molar-refractivity contribution >= 4 is 23.5 Å². The first kappa shape index (κ1) is 22.5. The molecule has 9 heteroatoms. The van der Waals surface area contributed by atoms with Crippen LogP contribution >= 0.6 is 0 Å². The highest BCUT2D eigenvalue weighted by Gasteiger charge is 2.15. The number of furan rings is 1. The minimum absolute atomic E-state index is 0.0291. The van der Waals surface area contributed by atoms with E-state index in [1.165, 1.54) is 42.5 Å². The summed E-state index contributed by atoms with van der Waals surface area (Å²) in [5.74, 6) is -1.31. The highest BCUT2D eigenvalue weighted by molar-refractivity contribution is 5.98. The Kier molecular flexibility index (Phi) is 7.58. The first-order chi connectivity index (χ1) is 15.4. The van der Waals surface area contributed by atoms with E-state index in [1.807, 2.05) is 0 Å². The Labute approximate surface area is 183 Å². The summed E-state index contributed by atoms with van der Waals surface area (Å²) in [7, 11) is 0. The van der Waals surface area contributed by atoms with Crippen molar-refractivity contribution in [1.29, 1.82) is 0 Å². The number of hydrogen-bond acceptors (Lipinski definition) is 6. The lowest BCUT2D eigenvalue weighted by Crippen LogP contribution is -2.23. The molecule has 0 aliphatic rings. The van der Waals surface area contributed by atoms with Crippen LogP contribution in [0.3, 0.4) is 0 Å². The number of benzene rings is 2. The number of hydrogen-bond donors (Lipinski definition) is 2. The zero-order valence-corrected chi connectivity index (χ0v) is 17.2. The van der Waals surface area contributed by atoms with Crippen LogP contribution in [0.5, 0.6) is 5.75 Å². The lowest BCUT2D eigenvalue weighted by atomic mass is 10.2. The van der Waals surface area contributed by atoms with Gasteiger partial charge >= 0.3 is 5.97 Å². The summed E-state index contributed by atoms with van der Waals surface area (Å²) >= 11 is 0. The fourth-order valence-electron chi connectivity index (χ4n) is 2.65. The molecule has 0 bridgehead atoms. The second-order valence-electron chi connectivity index (χ2n) is 6.57. The van der Waals surface area contributed by atoms with Crippen molar-refractivity contribution < 1.29 is 32.7 Å². The number of rotatable bonds is 9. The van der Waals surface area contributed by atoms with Crippen molar-refractivity contribution in [3.8, 4) is 5.75 Å². The zero-order valence-electron chi connectivity index (χ0n) is 17.2. The van der Waals surface area contributed by atoms with E-state index < -0.39 is 18.5 Å². The van der Waals surface area contributed by atoms with Crippen LogP contribution in [0.4, 0.5) is 10.1 Å². The largest absolute Gasteiger partial charge is 0.486 e. The fraction of sp³-hybridized carbons (Fsp3) is 0.174. The molecule has 3 aromatic rings. The van der Waals surface area contributed by atoms with Gasteiger partial charge in [0.1, 0.15) is 23.9 Å². The molecule has 2 amide bonds. The molecule has 2 N–H and O–H groups in total. The standard InChI is InChI=1S/C23H21FN2O6/c1-2-25-22(28)15-4-3-5-17(12-15)26-21(27)14-31-23(29)20-11-10-19(32-20)13-30-18-8-6-16(24)7-9-18/h3-12H,2,13-14H2,1H3,(H,25,28)(H,26,27). The average Bonchev–Trinajstić information content (AvgIpc) is 3.27. The van der Waals surface area contributed by atoms with Crippen molar-refractivity contribution in [2.24, 2.45) is 0 Å². The van der Waals surface area contributed by atoms with Gasteiger partial charge in [-0.2, -0.15) is 0 Å². The van der Waals surface area contributed by atoms with Gasteiger partial charge in [-0.25, -0.2) is 9.18 Å². The number of carbonyl (C=O) groups is 3. The van der Waals surface area contributed by atoms with E-state index in [4.69, 9.17) is 13.9 Å². The van der Waals surface area contributed by atoms with E-state index in [0.29, 0.717) is 29.3 Å². The number of esters is 1. The molecular formula is C23H21FN2O6. The van der Waals surface area contributed by atoms with Gasteiger partial charge in [-0.05, 0) is 61.5 Å². The molecule has 0 saturated carbocycles. The molecule has 0 radical (unpaired) electrons. The molecule has 0 saturated heterocycles. The highest BCUT2D eigenvalue weighted by atomic mass is 19.1. The minimum atomic E-state index is -0.816. The molecule has 0 fully saturated rings. The Hall–Kier alpha value is -4.14. The normalized spacial score (nSPS) is 10.3. The van der Waals surface area contributed by atoms with Gasteiger partial charge in [0, 0.05) is 17.8 Å². The van der Waals surface area contributed by atoms with Crippen LogP contribution in [0.25, 0.3) is 0 Å². The Balaban J connectivity index is 1.47. The molecule has 0 aliphatic carbocycles. The number of halogens is 1. The average molecular weight is 440 g/mol. The third-order valence-corrected chi connectivity index (χ3v) is 4.14. The Bertz CT molecular complexity index is 1090. The number of carbonyl (C=O) groups excluding carboxylic acids is 3. The summed E-state index contributed by atoms with van der Waals surface area (Å²) in [5.41, 5.74) is 0.792. The summed E-state index contributed by atoms with van der Waals surface area (Å²) in [5, 5.41) is 5.23. The molecule has 1 aromatic heterocycles. The van der Waals surface area contributed by atoms with Crippen LogP contribution in [0.2, 0.25) is 0 Å². The lowest BCUT2D eigenvalue weighted by Gasteiger charge is -2.08. The Morgan fingerprint density at radius 3 is 2.56 bits per heavy atom. The van der Waals surface area contributed by atoms with E-state index >= 15 is 0 Å². The monoisotopic (exact) mass is 440 g/mol. The molecule has 32 heavy (non-hydrogen) atoms. The molecule has 3 rings (SSSR count). The number of ether oxygens (including phenoxy) is 2. The fourth-order valence-corrected chi connectivity index (χ4v) is 2.65. The van der Waals surface area contributed by atoms with Crippen LogP contribution in [0.15, 0.2) is 65.1 Å². The number of amides is 2. The number of anilines is 1. The summed E-state index contributed by atoms with van der Waals surface area (Å²) in [4.78, 5) is 36.1. The van der Waals surface area contributed by atoms with Gasteiger partial charge in [0.15, 0.2) is 6.61 Å². The topological polar surface area (TPSA) is 107 Å². The van der Waals surface area contributed by atoms with Crippen LogP contribution in [0.1, 0.15) is 33.6 Å². The lowest BCUT2D eigenvalue weighted by molar-refractivity contribution is -0.119. The van der Waals surface area contributed by atoms with Crippen LogP contribution in [-0.2, 0) is 16.1 Å². The van der Waals surface area contributed by atoms with Gasteiger partial charge in [0.2, 0.25) is 5.76 Å². The second kappa shape index (κ2) is 10.8. The smallest absolute Gasteiger partial charge is 0.374 e. The first-order valence-corrected chi connectivity index (χ1v) is 9.77. The molecule has 0 atom stereocenters. The van der Waals surface area contributed by atoms with Gasteiger partial charge in [0.25, 0.3) is 11.8 Å². The maximum absolute atomic E-state index is 12.9. The molecule has 1 heterocycles. The summed E-state index contributed by atoms with van der Waals surface area (Å²) < 4.78 is 28.7. The Morgan fingerprint density at radius 1 is 1.03 bits per heavy atom. The van der Waals surface area contributed by atoms with Gasteiger partial charge in [-0.1, -0.05) is 6.07 Å². The van der Waals surface area contributed by atoms with Crippen LogP contribution < -0.4 is 15.4 Å². The summed E-state index contributed by atoms with van der Waals surface area (Å²) in [6.45, 7) is 1.78. The predicted octanol–water partition coefficient (Wildman–Crippen LogP) is 3.54. The zero-order chi connectivity index (χ0) is 22.9. The van der Waals surface area contributed by atoms with Gasteiger partial charge in [-0.3, -0.25) is 9.59 Å². The van der Waals surface area contributed by atoms with E-state index in [-0.39, 0.29) is 24.1 Å². The third kappa shape index (κ3) is 6.43. The molecule has 0 unspecified atom stereocenters. The Morgan fingerprint density at radius 2 is 1.81 bits per heavy atom. The van der Waals surface area contributed by atoms with Crippen molar-refractivity contribution in [1.82, 2.24) is 5.32 Å². The van der Waals surface area contributed by atoms with Crippen molar-refractivity contribution in [3.63, 3.8) is 0 Å². The molecule has 0 aliphatic heterocycles. The number of nitrogens with one attached hydrogen (secondary N) is 2. The van der Waals surface area contributed by atoms with Gasteiger partial charge < -0.3 is 24.5 Å². The highest BCUT2D eigenvalue weighted by Crippen LogP contribution is 2.16. The van der Waals surface area contributed by atoms with E-state index in [1.54, 1.807) is 25.1 Å². The maximum atomic E-state index is 12.9. The molecule has 8 nitrogen and oxygen atoms in total. The van der Waals surface area contributed by atoms with Gasteiger partial charge in [0.05, 0.1) is 0 Å². The quantitative estimate of drug-likeness (QED) is 0.493. The van der Waals surface area contributed by atoms with E-state index in [0.717, 1.165) is 0 Å². The maximum Gasteiger partial charge on any atom is 0.374 e. The van der Waals surface area contributed by atoms with Crippen molar-refractivity contribution in [2.45, 2.75) is 13.5 Å². The minimum Gasteiger partial charge on any atom is -0.486 e. The van der Waals surface area contributed by atoms with E-state index in [2.05, 4.69) is 10.6 Å². The van der Waals surface area contributed by atoms with E-state index in [9.17, 15) is 18.8 Å². The third-order valence-electron chi connectivity index (χ3n) is 4.14. The predicted molar refractivity (Wildman–Crippen MR) is 113 cm³/mol. The van der Waals surface area contributed by atoms with Crippen LogP contribution in [-0.4, -0.2) is 30.9 Å². The van der Waals surface area contributed by atoms with Gasteiger partial charge in [-0.15, -0.1) is 0 Å².